The van der Waals surface area contributed by atoms with Crippen LogP contribution in [0.3, 0.4) is 0 Å². The van der Waals surface area contributed by atoms with E-state index in [1.807, 2.05) is 19.1 Å². The molecule has 0 saturated carbocycles. The lowest BCUT2D eigenvalue weighted by Crippen LogP contribution is -2.15. The topological polar surface area (TPSA) is 48.1 Å². The summed E-state index contributed by atoms with van der Waals surface area (Å²) in [6, 6.07) is 8.35. The van der Waals surface area contributed by atoms with Gasteiger partial charge in [0.15, 0.2) is 0 Å². The second-order valence-corrected chi connectivity index (χ2v) is 6.20. The Morgan fingerprint density at radius 2 is 2.05 bits per heavy atom. The summed E-state index contributed by atoms with van der Waals surface area (Å²) in [7, 11) is 0. The van der Waals surface area contributed by atoms with Crippen LogP contribution in [0.25, 0.3) is 0 Å². The number of ether oxygens (including phenoxy) is 1. The van der Waals surface area contributed by atoms with E-state index in [1.54, 1.807) is 11.3 Å². The largest absolute Gasteiger partial charge is 0.494 e. The van der Waals surface area contributed by atoms with Gasteiger partial charge in [0.2, 0.25) is 0 Å². The fourth-order valence-corrected chi connectivity index (χ4v) is 3.08. The molecule has 0 amide bonds. The van der Waals surface area contributed by atoms with Crippen LogP contribution in [0.4, 0.5) is 0 Å². The molecule has 2 aromatic rings. The summed E-state index contributed by atoms with van der Waals surface area (Å²) in [5.41, 5.74) is 8.27. The van der Waals surface area contributed by atoms with Gasteiger partial charge in [-0.25, -0.2) is 4.98 Å². The maximum absolute atomic E-state index is 5.91. The van der Waals surface area contributed by atoms with Gasteiger partial charge in [0, 0.05) is 23.5 Å². The van der Waals surface area contributed by atoms with Crippen molar-refractivity contribution in [1.82, 2.24) is 4.98 Å². The number of thiazole rings is 1. The molecule has 0 aliphatic rings. The minimum atomic E-state index is 0.301. The van der Waals surface area contributed by atoms with Crippen LogP contribution in [0.5, 0.6) is 5.75 Å². The monoisotopic (exact) mass is 304 g/mol. The first-order valence-electron chi connectivity index (χ1n) is 7.56. The molecule has 4 heteroatoms. The van der Waals surface area contributed by atoms with Crippen LogP contribution in [0.15, 0.2) is 29.6 Å². The third kappa shape index (κ3) is 4.83. The molecule has 0 aliphatic carbocycles. The Bertz CT molecular complexity index is 536. The van der Waals surface area contributed by atoms with Crippen molar-refractivity contribution in [2.24, 2.45) is 5.73 Å². The molecule has 114 valence electrons. The number of aryl methyl sites for hydroxylation is 1. The van der Waals surface area contributed by atoms with Crippen LogP contribution in [-0.4, -0.2) is 18.1 Å². The van der Waals surface area contributed by atoms with Crippen molar-refractivity contribution >= 4 is 11.3 Å². The minimum absolute atomic E-state index is 0.301. The highest BCUT2D eigenvalue weighted by atomic mass is 32.1. The smallest absolute Gasteiger partial charge is 0.119 e. The standard InChI is InChI=1S/C17H24N2OS/c1-3-4-9-20-16-7-5-14(6-8-16)10-15(11-18)17-19-13(2)12-21-17/h5-8,12,15H,3-4,9-11,18H2,1-2H3. The molecule has 0 radical (unpaired) electrons. The van der Waals surface area contributed by atoms with Gasteiger partial charge in [-0.3, -0.25) is 0 Å². The van der Waals surface area contributed by atoms with E-state index in [0.29, 0.717) is 12.5 Å². The first-order valence-corrected chi connectivity index (χ1v) is 8.44. The Morgan fingerprint density at radius 3 is 2.62 bits per heavy atom. The number of benzene rings is 1. The van der Waals surface area contributed by atoms with Crippen molar-refractivity contribution in [3.63, 3.8) is 0 Å². The van der Waals surface area contributed by atoms with Crippen LogP contribution in [-0.2, 0) is 6.42 Å². The lowest BCUT2D eigenvalue weighted by Gasteiger charge is -2.12. The molecular formula is C17H24N2OS. The Hall–Kier alpha value is -1.39. The van der Waals surface area contributed by atoms with Crippen LogP contribution in [0.1, 0.15) is 41.9 Å². The van der Waals surface area contributed by atoms with Crippen molar-refractivity contribution in [2.75, 3.05) is 13.2 Å². The number of rotatable bonds is 8. The van der Waals surface area contributed by atoms with Crippen molar-refractivity contribution < 1.29 is 4.74 Å². The molecule has 0 fully saturated rings. The van der Waals surface area contributed by atoms with E-state index in [-0.39, 0.29) is 0 Å². The maximum Gasteiger partial charge on any atom is 0.119 e. The Morgan fingerprint density at radius 1 is 1.29 bits per heavy atom. The third-order valence-corrected chi connectivity index (χ3v) is 4.57. The predicted molar refractivity (Wildman–Crippen MR) is 89.2 cm³/mol. The number of nitrogens with zero attached hydrogens (tertiary/aromatic N) is 1. The summed E-state index contributed by atoms with van der Waals surface area (Å²) < 4.78 is 5.69. The number of aromatic nitrogens is 1. The van der Waals surface area contributed by atoms with Gasteiger partial charge in [0.05, 0.1) is 11.6 Å². The number of unbranched alkanes of at least 4 members (excludes halogenated alkanes) is 1. The number of hydrogen-bond acceptors (Lipinski definition) is 4. The Kier molecular flexibility index (Phi) is 6.21. The van der Waals surface area contributed by atoms with Gasteiger partial charge >= 0.3 is 0 Å². The normalized spacial score (nSPS) is 12.3. The maximum atomic E-state index is 5.91. The highest BCUT2D eigenvalue weighted by molar-refractivity contribution is 7.09. The van der Waals surface area contributed by atoms with Crippen LogP contribution < -0.4 is 10.5 Å². The van der Waals surface area contributed by atoms with E-state index >= 15 is 0 Å². The SMILES string of the molecule is CCCCOc1ccc(CC(CN)c2nc(C)cs2)cc1. The fraction of sp³-hybridized carbons (Fsp3) is 0.471. The number of nitrogens with two attached hydrogens (primary N) is 1. The third-order valence-electron chi connectivity index (χ3n) is 3.44. The van der Waals surface area contributed by atoms with Gasteiger partial charge in [0.1, 0.15) is 5.75 Å². The quantitative estimate of drug-likeness (QED) is 0.752. The van der Waals surface area contributed by atoms with Crippen molar-refractivity contribution in [3.8, 4) is 5.75 Å². The highest BCUT2D eigenvalue weighted by Gasteiger charge is 2.14. The molecule has 0 bridgehead atoms. The van der Waals surface area contributed by atoms with Crippen LogP contribution in [0, 0.1) is 6.92 Å². The zero-order valence-corrected chi connectivity index (χ0v) is 13.7. The van der Waals surface area contributed by atoms with Gasteiger partial charge in [-0.15, -0.1) is 11.3 Å². The predicted octanol–water partition coefficient (Wildman–Crippen LogP) is 3.92. The first kappa shape index (κ1) is 16.0. The lowest BCUT2D eigenvalue weighted by atomic mass is 10.00. The van der Waals surface area contributed by atoms with Crippen molar-refractivity contribution in [2.45, 2.75) is 39.0 Å². The van der Waals surface area contributed by atoms with Gasteiger partial charge in [0.25, 0.3) is 0 Å². The zero-order chi connectivity index (χ0) is 15.1. The first-order chi connectivity index (χ1) is 10.2. The van der Waals surface area contributed by atoms with Crippen molar-refractivity contribution in [1.29, 1.82) is 0 Å². The van der Waals surface area contributed by atoms with E-state index in [1.165, 1.54) is 5.56 Å². The summed E-state index contributed by atoms with van der Waals surface area (Å²) in [4.78, 5) is 4.56. The molecule has 0 saturated heterocycles. The second-order valence-electron chi connectivity index (χ2n) is 5.31. The molecule has 3 nitrogen and oxygen atoms in total. The number of hydrogen-bond donors (Lipinski definition) is 1. The molecule has 1 heterocycles. The van der Waals surface area contributed by atoms with Gasteiger partial charge in [-0.05, 0) is 37.5 Å². The molecule has 1 unspecified atom stereocenters. The van der Waals surface area contributed by atoms with Gasteiger partial charge in [-0.2, -0.15) is 0 Å². The molecule has 1 aromatic carbocycles. The van der Waals surface area contributed by atoms with Crippen LogP contribution >= 0.6 is 11.3 Å². The van der Waals surface area contributed by atoms with E-state index in [2.05, 4.69) is 29.4 Å². The van der Waals surface area contributed by atoms with E-state index < -0.39 is 0 Å². The van der Waals surface area contributed by atoms with Crippen LogP contribution in [0.2, 0.25) is 0 Å². The van der Waals surface area contributed by atoms with E-state index in [4.69, 9.17) is 10.5 Å². The molecule has 21 heavy (non-hydrogen) atoms. The summed E-state index contributed by atoms with van der Waals surface area (Å²) in [6.07, 6.45) is 3.18. The zero-order valence-electron chi connectivity index (χ0n) is 12.8. The summed E-state index contributed by atoms with van der Waals surface area (Å²) in [5, 5.41) is 3.22. The summed E-state index contributed by atoms with van der Waals surface area (Å²) >= 11 is 1.70. The summed E-state index contributed by atoms with van der Waals surface area (Å²) in [6.45, 7) is 5.61. The lowest BCUT2D eigenvalue weighted by molar-refractivity contribution is 0.309. The Balaban J connectivity index is 1.95. The summed E-state index contributed by atoms with van der Waals surface area (Å²) in [5.74, 6) is 1.25. The second kappa shape index (κ2) is 8.15. The molecule has 2 rings (SSSR count). The van der Waals surface area contributed by atoms with E-state index in [9.17, 15) is 0 Å². The molecule has 2 N–H and O–H groups in total. The average molecular weight is 304 g/mol. The van der Waals surface area contributed by atoms with Crippen molar-refractivity contribution in [3.05, 3.63) is 45.9 Å². The molecule has 1 atom stereocenters. The highest BCUT2D eigenvalue weighted by Crippen LogP contribution is 2.24. The fourth-order valence-electron chi connectivity index (χ4n) is 2.17. The van der Waals surface area contributed by atoms with Gasteiger partial charge in [-0.1, -0.05) is 25.5 Å². The molecule has 0 aliphatic heterocycles. The molecule has 1 aromatic heterocycles. The van der Waals surface area contributed by atoms with Gasteiger partial charge < -0.3 is 10.5 Å². The molecular weight excluding hydrogens is 280 g/mol. The van der Waals surface area contributed by atoms with E-state index in [0.717, 1.165) is 42.3 Å². The Labute approximate surface area is 131 Å². The molecule has 0 spiro atoms. The average Bonchev–Trinajstić information content (AvgIpc) is 2.93. The minimum Gasteiger partial charge on any atom is -0.494 e.